The smallest absolute Gasteiger partial charge is 0.335 e. The molecule has 1 N–H and O–H groups in total. The average Bonchev–Trinajstić information content (AvgIpc) is 2.60. The maximum Gasteiger partial charge on any atom is 0.335 e. The molecular weight excluding hydrogens is 332 g/mol. The molecule has 0 aliphatic heterocycles. The van der Waals surface area contributed by atoms with E-state index in [4.69, 9.17) is 5.11 Å². The Morgan fingerprint density at radius 3 is 2.11 bits per heavy atom. The second kappa shape index (κ2) is 6.89. The van der Waals surface area contributed by atoms with Crippen molar-refractivity contribution < 1.29 is 9.90 Å². The van der Waals surface area contributed by atoms with Gasteiger partial charge in [0.05, 0.1) is 5.56 Å². The first kappa shape index (κ1) is 19.2. The van der Waals surface area contributed by atoms with Crippen LogP contribution < -0.4 is 0 Å². The Balaban J connectivity index is 1.88. The summed E-state index contributed by atoms with van der Waals surface area (Å²) in [5.41, 5.74) is 7.10. The van der Waals surface area contributed by atoms with Gasteiger partial charge in [-0.25, -0.2) is 4.79 Å². The summed E-state index contributed by atoms with van der Waals surface area (Å²) in [6.07, 6.45) is 3.13. The molecule has 0 amide bonds. The Morgan fingerprint density at radius 1 is 1.00 bits per heavy atom. The average molecular weight is 360 g/mol. The van der Waals surface area contributed by atoms with Crippen LogP contribution in [0.15, 0.2) is 36.4 Å². The van der Waals surface area contributed by atoms with E-state index in [1.54, 1.807) is 24.3 Å². The Hall–Kier alpha value is -2.53. The van der Waals surface area contributed by atoms with E-state index in [-0.39, 0.29) is 16.4 Å². The quantitative estimate of drug-likeness (QED) is 0.704. The molecule has 1 aliphatic carbocycles. The molecule has 0 saturated heterocycles. The molecule has 0 unspecified atom stereocenters. The summed E-state index contributed by atoms with van der Waals surface area (Å²) in [5.74, 6) is 5.51. The highest BCUT2D eigenvalue weighted by Gasteiger charge is 2.37. The Bertz CT molecular complexity index is 935. The van der Waals surface area contributed by atoms with E-state index in [2.05, 4.69) is 58.6 Å². The number of fused-ring (bicyclic) bond motifs is 1. The molecule has 0 spiro atoms. The van der Waals surface area contributed by atoms with E-state index in [0.717, 1.165) is 5.56 Å². The zero-order valence-electron chi connectivity index (χ0n) is 16.9. The molecular formula is C25H28O2. The van der Waals surface area contributed by atoms with Crippen LogP contribution in [0.25, 0.3) is 0 Å². The van der Waals surface area contributed by atoms with Crippen molar-refractivity contribution in [3.8, 4) is 11.8 Å². The van der Waals surface area contributed by atoms with Crippen LogP contribution in [0.4, 0.5) is 0 Å². The highest BCUT2D eigenvalue weighted by Crippen LogP contribution is 2.46. The first-order valence-corrected chi connectivity index (χ1v) is 9.57. The third-order valence-corrected chi connectivity index (χ3v) is 5.95. The number of carbonyl (C=O) groups is 1. The highest BCUT2D eigenvalue weighted by molar-refractivity contribution is 5.87. The van der Waals surface area contributed by atoms with Gasteiger partial charge in [-0.3, -0.25) is 0 Å². The first-order chi connectivity index (χ1) is 12.6. The number of benzene rings is 2. The summed E-state index contributed by atoms with van der Waals surface area (Å²) >= 11 is 0. The number of carboxylic acids is 1. The number of hydrogen-bond acceptors (Lipinski definition) is 1. The molecule has 0 saturated carbocycles. The summed E-state index contributed by atoms with van der Waals surface area (Å²) in [5, 5.41) is 8.97. The maximum atomic E-state index is 10.9. The lowest BCUT2D eigenvalue weighted by molar-refractivity contribution is 0.0697. The summed E-state index contributed by atoms with van der Waals surface area (Å²) in [7, 11) is 0. The molecule has 2 heteroatoms. The van der Waals surface area contributed by atoms with Crippen molar-refractivity contribution in [3.63, 3.8) is 0 Å². The van der Waals surface area contributed by atoms with Crippen molar-refractivity contribution in [2.24, 2.45) is 0 Å². The van der Waals surface area contributed by atoms with Crippen LogP contribution in [0.3, 0.4) is 0 Å². The van der Waals surface area contributed by atoms with Crippen molar-refractivity contribution in [3.05, 3.63) is 69.8 Å². The van der Waals surface area contributed by atoms with Gasteiger partial charge in [-0.05, 0) is 77.1 Å². The van der Waals surface area contributed by atoms with Crippen LogP contribution in [0.1, 0.15) is 78.7 Å². The number of aryl methyl sites for hydroxylation is 1. The van der Waals surface area contributed by atoms with Gasteiger partial charge in [0.2, 0.25) is 0 Å². The fraction of sp³-hybridized carbons (Fsp3) is 0.400. The Labute approximate surface area is 162 Å². The lowest BCUT2D eigenvalue weighted by Gasteiger charge is -2.42. The predicted molar refractivity (Wildman–Crippen MR) is 110 cm³/mol. The van der Waals surface area contributed by atoms with Gasteiger partial charge in [0.1, 0.15) is 0 Å². The molecule has 0 bridgehead atoms. The molecule has 0 atom stereocenters. The van der Waals surface area contributed by atoms with Crippen LogP contribution in [0.5, 0.6) is 0 Å². The van der Waals surface area contributed by atoms with Crippen LogP contribution in [0.2, 0.25) is 0 Å². The molecule has 2 aromatic rings. The predicted octanol–water partition coefficient (Wildman–Crippen LogP) is 5.64. The van der Waals surface area contributed by atoms with Crippen molar-refractivity contribution in [2.75, 3.05) is 0 Å². The Kier molecular flexibility index (Phi) is 4.91. The van der Waals surface area contributed by atoms with Crippen molar-refractivity contribution in [2.45, 2.75) is 64.7 Å². The van der Waals surface area contributed by atoms with E-state index in [9.17, 15) is 4.79 Å². The fourth-order valence-electron chi connectivity index (χ4n) is 3.90. The lowest BCUT2D eigenvalue weighted by Crippen LogP contribution is -2.34. The second-order valence-electron chi connectivity index (χ2n) is 8.95. The number of carboxylic acid groups (broad SMARTS) is 1. The molecule has 3 rings (SSSR count). The minimum Gasteiger partial charge on any atom is -0.478 e. The number of hydrogen-bond donors (Lipinski definition) is 1. The van der Waals surface area contributed by atoms with Crippen LogP contribution in [-0.2, 0) is 17.3 Å². The van der Waals surface area contributed by atoms with E-state index >= 15 is 0 Å². The zero-order chi connectivity index (χ0) is 19.8. The van der Waals surface area contributed by atoms with Gasteiger partial charge >= 0.3 is 5.97 Å². The largest absolute Gasteiger partial charge is 0.478 e. The first-order valence-electron chi connectivity index (χ1n) is 9.57. The molecule has 0 fully saturated rings. The molecule has 2 nitrogen and oxygen atoms in total. The van der Waals surface area contributed by atoms with Crippen molar-refractivity contribution in [1.82, 2.24) is 0 Å². The molecule has 140 valence electrons. The van der Waals surface area contributed by atoms with Crippen molar-refractivity contribution >= 4 is 5.97 Å². The molecule has 0 radical (unpaired) electrons. The Morgan fingerprint density at radius 2 is 1.56 bits per heavy atom. The van der Waals surface area contributed by atoms with Gasteiger partial charge in [0.15, 0.2) is 0 Å². The van der Waals surface area contributed by atoms with E-state index < -0.39 is 5.97 Å². The summed E-state index contributed by atoms with van der Waals surface area (Å²) < 4.78 is 0. The third-order valence-electron chi connectivity index (χ3n) is 5.95. The molecule has 1 aliphatic rings. The van der Waals surface area contributed by atoms with E-state index in [0.29, 0.717) is 6.42 Å². The summed E-state index contributed by atoms with van der Waals surface area (Å²) in [6, 6.07) is 11.5. The van der Waals surface area contributed by atoms with Gasteiger partial charge in [-0.15, -0.1) is 0 Å². The van der Waals surface area contributed by atoms with Gasteiger partial charge < -0.3 is 5.11 Å². The third kappa shape index (κ3) is 3.93. The molecule has 27 heavy (non-hydrogen) atoms. The molecule has 0 aromatic heterocycles. The van der Waals surface area contributed by atoms with Crippen molar-refractivity contribution in [1.29, 1.82) is 0 Å². The number of aromatic carboxylic acids is 1. The van der Waals surface area contributed by atoms with Gasteiger partial charge in [-0.2, -0.15) is 0 Å². The van der Waals surface area contributed by atoms with Gasteiger partial charge in [-0.1, -0.05) is 51.7 Å². The standard InChI is InChI=1S/C25H28O2/c1-17-15-21-22(25(4,5)14-13-24(21,2)3)16-20(17)8-6-7-18-9-11-19(12-10-18)23(26)27/h9-12,15-16H,8,13-14H2,1-5H3,(H,26,27). The fourth-order valence-corrected chi connectivity index (χ4v) is 3.90. The van der Waals surface area contributed by atoms with E-state index in [1.807, 2.05) is 0 Å². The van der Waals surface area contributed by atoms with Crippen LogP contribution in [-0.4, -0.2) is 11.1 Å². The second-order valence-corrected chi connectivity index (χ2v) is 8.95. The minimum absolute atomic E-state index is 0.202. The highest BCUT2D eigenvalue weighted by atomic mass is 16.4. The lowest BCUT2D eigenvalue weighted by atomic mass is 9.62. The van der Waals surface area contributed by atoms with Crippen LogP contribution >= 0.6 is 0 Å². The van der Waals surface area contributed by atoms with Gasteiger partial charge in [0, 0.05) is 12.0 Å². The summed E-state index contributed by atoms with van der Waals surface area (Å²) in [4.78, 5) is 10.9. The van der Waals surface area contributed by atoms with Gasteiger partial charge in [0.25, 0.3) is 0 Å². The molecule has 0 heterocycles. The number of rotatable bonds is 2. The topological polar surface area (TPSA) is 37.3 Å². The maximum absolute atomic E-state index is 10.9. The van der Waals surface area contributed by atoms with E-state index in [1.165, 1.54) is 35.1 Å². The summed E-state index contributed by atoms with van der Waals surface area (Å²) in [6.45, 7) is 11.6. The molecule has 2 aromatic carbocycles. The normalized spacial score (nSPS) is 16.8. The van der Waals surface area contributed by atoms with Crippen LogP contribution in [0, 0.1) is 18.8 Å². The minimum atomic E-state index is -0.912. The monoisotopic (exact) mass is 360 g/mol. The zero-order valence-corrected chi connectivity index (χ0v) is 16.9. The SMILES string of the molecule is Cc1cc2c(cc1CC#Cc1ccc(C(=O)O)cc1)C(C)(C)CCC2(C)C.